The van der Waals surface area contributed by atoms with Crippen molar-refractivity contribution in [1.29, 1.82) is 0 Å². The summed E-state index contributed by atoms with van der Waals surface area (Å²) in [5, 5.41) is 21.3. The monoisotopic (exact) mass is 325 g/mol. The number of amides is 1. The Labute approximate surface area is 131 Å². The summed E-state index contributed by atoms with van der Waals surface area (Å²) in [6.45, 7) is 0. The minimum absolute atomic E-state index is 0.0283. The van der Waals surface area contributed by atoms with Crippen LogP contribution in [0.2, 0.25) is 10.0 Å². The molecule has 0 bridgehead atoms. The predicted molar refractivity (Wildman–Crippen MR) is 82.4 cm³/mol. The van der Waals surface area contributed by atoms with E-state index < -0.39 is 13.2 Å². The Morgan fingerprint density at radius 3 is 2.38 bits per heavy atom. The molecule has 0 saturated carbocycles. The number of hydrogen-bond donors (Lipinski definition) is 3. The van der Waals surface area contributed by atoms with E-state index in [0.29, 0.717) is 10.8 Å². The fourth-order valence-corrected chi connectivity index (χ4v) is 1.99. The number of benzene rings is 2. The number of rotatable bonds is 3. The fraction of sp³-hybridized carbons (Fsp3) is 0. The van der Waals surface area contributed by atoms with Crippen molar-refractivity contribution in [3.8, 4) is 5.75 Å². The highest BCUT2D eigenvalue weighted by molar-refractivity contribution is 6.63. The zero-order valence-corrected chi connectivity index (χ0v) is 12.1. The van der Waals surface area contributed by atoms with Crippen LogP contribution in [0.4, 0.5) is 10.5 Å². The Bertz CT molecular complexity index is 649. The van der Waals surface area contributed by atoms with Crippen LogP contribution in [0.15, 0.2) is 42.5 Å². The second-order valence-electron chi connectivity index (χ2n) is 4.05. The highest BCUT2D eigenvalue weighted by Crippen LogP contribution is 2.21. The zero-order valence-electron chi connectivity index (χ0n) is 10.6. The molecule has 1 amide bonds. The van der Waals surface area contributed by atoms with Gasteiger partial charge in [-0.2, -0.15) is 0 Å². The molecule has 108 valence electrons. The molecule has 21 heavy (non-hydrogen) atoms. The Hall–Kier alpha value is -1.73. The molecule has 3 N–H and O–H groups in total. The normalized spacial score (nSPS) is 10.1. The lowest BCUT2D eigenvalue weighted by Crippen LogP contribution is -2.31. The van der Waals surface area contributed by atoms with E-state index in [1.165, 1.54) is 30.3 Å². The van der Waals surface area contributed by atoms with Crippen molar-refractivity contribution in [3.63, 3.8) is 0 Å². The van der Waals surface area contributed by atoms with E-state index in [4.69, 9.17) is 38.0 Å². The summed E-state index contributed by atoms with van der Waals surface area (Å²) in [5.41, 5.74) is 0.294. The van der Waals surface area contributed by atoms with Gasteiger partial charge in [0.1, 0.15) is 5.75 Å². The van der Waals surface area contributed by atoms with Crippen LogP contribution in [0.1, 0.15) is 0 Å². The summed E-state index contributed by atoms with van der Waals surface area (Å²) < 4.78 is 5.04. The Morgan fingerprint density at radius 1 is 1.10 bits per heavy atom. The molecule has 0 saturated heterocycles. The van der Waals surface area contributed by atoms with Gasteiger partial charge in [0.25, 0.3) is 0 Å². The van der Waals surface area contributed by atoms with Crippen molar-refractivity contribution in [2.45, 2.75) is 0 Å². The molecule has 0 heterocycles. The third kappa shape index (κ3) is 4.12. The van der Waals surface area contributed by atoms with Crippen LogP contribution in [0.25, 0.3) is 0 Å². The Morgan fingerprint density at radius 2 is 1.76 bits per heavy atom. The molecule has 0 spiro atoms. The average molecular weight is 326 g/mol. The van der Waals surface area contributed by atoms with E-state index in [9.17, 15) is 4.79 Å². The molecule has 0 aliphatic rings. The van der Waals surface area contributed by atoms with Crippen LogP contribution >= 0.6 is 23.2 Å². The first-order chi connectivity index (χ1) is 9.97. The molecule has 0 radical (unpaired) electrons. The maximum atomic E-state index is 11.8. The van der Waals surface area contributed by atoms with E-state index in [1.807, 2.05) is 0 Å². The van der Waals surface area contributed by atoms with Crippen molar-refractivity contribution in [2.24, 2.45) is 0 Å². The lowest BCUT2D eigenvalue weighted by Gasteiger charge is -2.10. The second-order valence-corrected chi connectivity index (χ2v) is 4.87. The van der Waals surface area contributed by atoms with Gasteiger partial charge in [0.15, 0.2) is 0 Å². The summed E-state index contributed by atoms with van der Waals surface area (Å²) >= 11 is 11.7. The van der Waals surface area contributed by atoms with Gasteiger partial charge < -0.3 is 14.8 Å². The molecule has 2 aromatic rings. The minimum atomic E-state index is -1.73. The SMILES string of the molecule is O=C(Nc1cccc(B(O)O)c1Cl)Oc1ccc(Cl)cc1. The standard InChI is InChI=1S/C13H10BCl2NO4/c15-8-4-6-9(7-5-8)21-13(18)17-11-3-1-2-10(12(11)16)14(19)20/h1-7,19-20H,(H,17,18). The van der Waals surface area contributed by atoms with Gasteiger partial charge in [-0.15, -0.1) is 0 Å². The molecule has 8 heteroatoms. The third-order valence-electron chi connectivity index (χ3n) is 2.57. The first-order valence-electron chi connectivity index (χ1n) is 5.86. The quantitative estimate of drug-likeness (QED) is 0.756. The molecule has 5 nitrogen and oxygen atoms in total. The maximum absolute atomic E-state index is 11.8. The molecule has 0 aromatic heterocycles. The summed E-state index contributed by atoms with van der Waals surface area (Å²) in [4.78, 5) is 11.8. The van der Waals surface area contributed by atoms with Gasteiger partial charge in [-0.3, -0.25) is 5.32 Å². The topological polar surface area (TPSA) is 78.8 Å². The predicted octanol–water partition coefficient (Wildman–Crippen LogP) is 2.28. The first-order valence-corrected chi connectivity index (χ1v) is 6.62. The molecular weight excluding hydrogens is 316 g/mol. The second kappa shape index (κ2) is 6.82. The van der Waals surface area contributed by atoms with Crippen molar-refractivity contribution >= 4 is 47.6 Å². The van der Waals surface area contributed by atoms with E-state index >= 15 is 0 Å². The molecule has 0 fully saturated rings. The lowest BCUT2D eigenvalue weighted by atomic mass is 9.80. The van der Waals surface area contributed by atoms with E-state index in [2.05, 4.69) is 5.32 Å². The van der Waals surface area contributed by atoms with Crippen molar-refractivity contribution in [3.05, 3.63) is 52.5 Å². The van der Waals surface area contributed by atoms with Gasteiger partial charge >= 0.3 is 13.2 Å². The van der Waals surface area contributed by atoms with Gasteiger partial charge in [0.2, 0.25) is 0 Å². The Kier molecular flexibility index (Phi) is 5.09. The van der Waals surface area contributed by atoms with Crippen LogP contribution in [-0.2, 0) is 0 Å². The summed E-state index contributed by atoms with van der Waals surface area (Å²) in [5.74, 6) is 0.311. The number of anilines is 1. The van der Waals surface area contributed by atoms with Gasteiger partial charge in [0.05, 0.1) is 10.7 Å². The third-order valence-corrected chi connectivity index (χ3v) is 3.24. The average Bonchev–Trinajstić information content (AvgIpc) is 2.43. The molecule has 0 aliphatic heterocycles. The summed E-state index contributed by atoms with van der Waals surface area (Å²) in [6, 6.07) is 10.7. The van der Waals surface area contributed by atoms with Gasteiger partial charge in [-0.25, -0.2) is 4.79 Å². The van der Waals surface area contributed by atoms with Gasteiger partial charge in [0, 0.05) is 10.5 Å². The zero-order chi connectivity index (χ0) is 15.4. The minimum Gasteiger partial charge on any atom is -0.423 e. The van der Waals surface area contributed by atoms with Crippen LogP contribution in [0, 0.1) is 0 Å². The molecule has 2 aromatic carbocycles. The van der Waals surface area contributed by atoms with Gasteiger partial charge in [-0.1, -0.05) is 35.3 Å². The van der Waals surface area contributed by atoms with E-state index in [-0.39, 0.29) is 16.2 Å². The van der Waals surface area contributed by atoms with Crippen LogP contribution in [0.5, 0.6) is 5.75 Å². The smallest absolute Gasteiger partial charge is 0.423 e. The Balaban J connectivity index is 2.09. The number of hydrogen-bond acceptors (Lipinski definition) is 4. The highest BCUT2D eigenvalue weighted by atomic mass is 35.5. The highest BCUT2D eigenvalue weighted by Gasteiger charge is 2.18. The fourth-order valence-electron chi connectivity index (χ4n) is 1.59. The molecule has 0 unspecified atom stereocenters. The maximum Gasteiger partial charge on any atom is 0.490 e. The van der Waals surface area contributed by atoms with Gasteiger partial charge in [-0.05, 0) is 30.3 Å². The number of carbonyl (C=O) groups is 1. The van der Waals surface area contributed by atoms with Crippen LogP contribution in [0.3, 0.4) is 0 Å². The van der Waals surface area contributed by atoms with E-state index in [1.54, 1.807) is 12.1 Å². The summed E-state index contributed by atoms with van der Waals surface area (Å²) in [6.07, 6.45) is -0.760. The molecular formula is C13H10BCl2NO4. The van der Waals surface area contributed by atoms with Crippen LogP contribution < -0.4 is 15.5 Å². The van der Waals surface area contributed by atoms with Crippen molar-refractivity contribution < 1.29 is 19.6 Å². The number of halogens is 2. The number of ether oxygens (including phenoxy) is 1. The summed E-state index contributed by atoms with van der Waals surface area (Å²) in [7, 11) is -1.73. The van der Waals surface area contributed by atoms with E-state index in [0.717, 1.165) is 0 Å². The number of nitrogens with one attached hydrogen (secondary N) is 1. The lowest BCUT2D eigenvalue weighted by molar-refractivity contribution is 0.215. The molecule has 2 rings (SSSR count). The van der Waals surface area contributed by atoms with Crippen molar-refractivity contribution in [2.75, 3.05) is 5.32 Å². The largest absolute Gasteiger partial charge is 0.490 e. The first kappa shape index (κ1) is 15.7. The molecule has 0 atom stereocenters. The van der Waals surface area contributed by atoms with Crippen LogP contribution in [-0.4, -0.2) is 23.3 Å². The van der Waals surface area contributed by atoms with Crippen molar-refractivity contribution in [1.82, 2.24) is 0 Å². The number of carbonyl (C=O) groups excluding carboxylic acids is 1. The molecule has 0 aliphatic carbocycles.